The molecule has 0 aromatic heterocycles. The summed E-state index contributed by atoms with van der Waals surface area (Å²) in [6.45, 7) is -1.04. The molecule has 0 amide bonds. The van der Waals surface area contributed by atoms with E-state index < -0.39 is 36.0 Å². The smallest absolute Gasteiger partial charge is 0.405 e. The first kappa shape index (κ1) is 13.6. The lowest BCUT2D eigenvalue weighted by Gasteiger charge is -2.17. The molecular weight excluding hydrogens is 254 g/mol. The van der Waals surface area contributed by atoms with Crippen molar-refractivity contribution in [1.29, 1.82) is 0 Å². The molecule has 8 heteroatoms. The van der Waals surface area contributed by atoms with E-state index in [1.807, 2.05) is 0 Å². The second-order valence-electron chi connectivity index (χ2n) is 2.99. The molecule has 0 fully saturated rings. The molecule has 0 heterocycles. The van der Waals surface area contributed by atoms with Crippen LogP contribution in [0.2, 0.25) is 0 Å². The van der Waals surface area contributed by atoms with Crippen molar-refractivity contribution in [2.75, 3.05) is 0 Å². The van der Waals surface area contributed by atoms with Gasteiger partial charge in [-0.1, -0.05) is 12.1 Å². The van der Waals surface area contributed by atoms with Gasteiger partial charge in [0, 0.05) is 0 Å². The van der Waals surface area contributed by atoms with Crippen LogP contribution < -0.4 is 4.74 Å². The van der Waals surface area contributed by atoms with E-state index in [2.05, 4.69) is 4.74 Å². The Bertz CT molecular complexity index is 395. The van der Waals surface area contributed by atoms with Gasteiger partial charge in [0.2, 0.25) is 0 Å². The molecular formula is C9H6F6O2. The van der Waals surface area contributed by atoms with Gasteiger partial charge in [-0.05, 0) is 11.6 Å². The van der Waals surface area contributed by atoms with Crippen molar-refractivity contribution in [2.24, 2.45) is 0 Å². The summed E-state index contributed by atoms with van der Waals surface area (Å²) in [7, 11) is 0. The first-order valence-electron chi connectivity index (χ1n) is 4.21. The minimum Gasteiger partial charge on any atom is -0.405 e. The number of alkyl halides is 6. The van der Waals surface area contributed by atoms with Gasteiger partial charge in [0.1, 0.15) is 11.3 Å². The number of halogens is 6. The van der Waals surface area contributed by atoms with Gasteiger partial charge in [0.15, 0.2) is 0 Å². The number of aliphatic hydroxyl groups excluding tert-OH is 1. The van der Waals surface area contributed by atoms with Crippen LogP contribution in [0.5, 0.6) is 5.75 Å². The van der Waals surface area contributed by atoms with E-state index in [0.717, 1.165) is 12.1 Å². The standard InChI is InChI=1S/C9H6F6O2/c10-8(11,12)7-5(4-16)2-1-3-6(7)17-9(13,14)15/h1-3,16H,4H2. The predicted octanol–water partition coefficient (Wildman–Crippen LogP) is 3.10. The molecule has 0 atom stereocenters. The van der Waals surface area contributed by atoms with Gasteiger partial charge in [-0.2, -0.15) is 13.2 Å². The van der Waals surface area contributed by atoms with Crippen molar-refractivity contribution in [3.05, 3.63) is 29.3 Å². The van der Waals surface area contributed by atoms with E-state index >= 15 is 0 Å². The Balaban J connectivity index is 3.30. The lowest BCUT2D eigenvalue weighted by molar-refractivity contribution is -0.276. The zero-order valence-electron chi connectivity index (χ0n) is 8.06. The summed E-state index contributed by atoms with van der Waals surface area (Å²) in [5, 5.41) is 8.67. The number of ether oxygens (including phenoxy) is 1. The summed E-state index contributed by atoms with van der Waals surface area (Å²) in [5.74, 6) is -1.38. The Hall–Kier alpha value is -1.44. The lowest BCUT2D eigenvalue weighted by Crippen LogP contribution is -2.21. The van der Waals surface area contributed by atoms with Crippen molar-refractivity contribution in [2.45, 2.75) is 19.1 Å². The van der Waals surface area contributed by atoms with Crippen LogP contribution in [-0.4, -0.2) is 11.5 Å². The highest BCUT2D eigenvalue weighted by molar-refractivity contribution is 5.42. The Morgan fingerprint density at radius 2 is 1.65 bits per heavy atom. The summed E-state index contributed by atoms with van der Waals surface area (Å²) >= 11 is 0. The summed E-state index contributed by atoms with van der Waals surface area (Å²) in [5.41, 5.74) is -2.31. The van der Waals surface area contributed by atoms with Crippen LogP contribution in [0.15, 0.2) is 18.2 Å². The lowest BCUT2D eigenvalue weighted by atomic mass is 10.1. The van der Waals surface area contributed by atoms with Crippen molar-refractivity contribution in [1.82, 2.24) is 0 Å². The molecule has 1 aromatic carbocycles. The fraction of sp³-hybridized carbons (Fsp3) is 0.333. The van der Waals surface area contributed by atoms with Gasteiger partial charge in [-0.15, -0.1) is 13.2 Å². The minimum atomic E-state index is -5.23. The van der Waals surface area contributed by atoms with E-state index in [1.165, 1.54) is 0 Å². The quantitative estimate of drug-likeness (QED) is 0.828. The minimum absolute atomic E-state index is 0.537. The van der Waals surface area contributed by atoms with Gasteiger partial charge < -0.3 is 9.84 Å². The van der Waals surface area contributed by atoms with Gasteiger partial charge >= 0.3 is 12.5 Å². The first-order chi connectivity index (χ1) is 7.65. The predicted molar refractivity (Wildman–Crippen MR) is 44.0 cm³/mol. The zero-order valence-corrected chi connectivity index (χ0v) is 8.06. The average Bonchev–Trinajstić information content (AvgIpc) is 2.12. The van der Waals surface area contributed by atoms with Crippen molar-refractivity contribution in [3.63, 3.8) is 0 Å². The van der Waals surface area contributed by atoms with Crippen molar-refractivity contribution >= 4 is 0 Å². The summed E-state index contributed by atoms with van der Waals surface area (Å²) < 4.78 is 76.5. The maximum Gasteiger partial charge on any atom is 0.573 e. The fourth-order valence-electron chi connectivity index (χ4n) is 1.24. The second kappa shape index (κ2) is 4.44. The Morgan fingerprint density at radius 3 is 2.06 bits per heavy atom. The molecule has 1 N–H and O–H groups in total. The average molecular weight is 260 g/mol. The summed E-state index contributed by atoms with van der Waals surface area (Å²) in [6.07, 6.45) is -10.3. The molecule has 0 spiro atoms. The van der Waals surface area contributed by atoms with E-state index in [-0.39, 0.29) is 0 Å². The van der Waals surface area contributed by atoms with Crippen LogP contribution in [0, 0.1) is 0 Å². The van der Waals surface area contributed by atoms with Crippen LogP contribution in [0.1, 0.15) is 11.1 Å². The molecule has 0 aliphatic carbocycles. The molecule has 96 valence electrons. The molecule has 0 saturated carbocycles. The van der Waals surface area contributed by atoms with Crippen LogP contribution in [-0.2, 0) is 12.8 Å². The molecule has 1 aromatic rings. The monoisotopic (exact) mass is 260 g/mol. The number of rotatable bonds is 2. The van der Waals surface area contributed by atoms with Crippen LogP contribution in [0.3, 0.4) is 0 Å². The summed E-state index contributed by atoms with van der Waals surface area (Å²) in [6, 6.07) is 2.34. The topological polar surface area (TPSA) is 29.5 Å². The molecule has 0 bridgehead atoms. The Labute approximate surface area is 91.4 Å². The van der Waals surface area contributed by atoms with E-state index in [0.29, 0.717) is 6.07 Å². The molecule has 17 heavy (non-hydrogen) atoms. The van der Waals surface area contributed by atoms with E-state index in [4.69, 9.17) is 5.11 Å². The molecule has 0 radical (unpaired) electrons. The Kier molecular flexibility index (Phi) is 3.56. The zero-order chi connectivity index (χ0) is 13.3. The maximum atomic E-state index is 12.5. The second-order valence-corrected chi connectivity index (χ2v) is 2.99. The Morgan fingerprint density at radius 1 is 1.06 bits per heavy atom. The van der Waals surface area contributed by atoms with Gasteiger partial charge in [-0.3, -0.25) is 0 Å². The third kappa shape index (κ3) is 3.52. The number of benzene rings is 1. The summed E-state index contributed by atoms with van der Waals surface area (Å²) in [4.78, 5) is 0. The maximum absolute atomic E-state index is 12.5. The van der Waals surface area contributed by atoms with Gasteiger partial charge in [-0.25, -0.2) is 0 Å². The normalized spacial score (nSPS) is 12.6. The molecule has 0 saturated heterocycles. The highest BCUT2D eigenvalue weighted by atomic mass is 19.4. The van der Waals surface area contributed by atoms with Crippen LogP contribution >= 0.6 is 0 Å². The van der Waals surface area contributed by atoms with Gasteiger partial charge in [0.05, 0.1) is 6.61 Å². The van der Waals surface area contributed by atoms with Crippen molar-refractivity contribution < 1.29 is 36.2 Å². The number of aliphatic hydroxyl groups is 1. The van der Waals surface area contributed by atoms with Crippen LogP contribution in [0.4, 0.5) is 26.3 Å². The highest BCUT2D eigenvalue weighted by Gasteiger charge is 2.40. The third-order valence-electron chi connectivity index (χ3n) is 1.79. The first-order valence-corrected chi connectivity index (χ1v) is 4.21. The highest BCUT2D eigenvalue weighted by Crippen LogP contribution is 2.40. The molecule has 0 unspecified atom stereocenters. The molecule has 0 aliphatic heterocycles. The molecule has 2 nitrogen and oxygen atoms in total. The largest absolute Gasteiger partial charge is 0.573 e. The molecule has 0 aliphatic rings. The fourth-order valence-corrected chi connectivity index (χ4v) is 1.24. The van der Waals surface area contributed by atoms with E-state index in [9.17, 15) is 26.3 Å². The number of hydrogen-bond acceptors (Lipinski definition) is 2. The molecule has 1 rings (SSSR count). The van der Waals surface area contributed by atoms with Gasteiger partial charge in [0.25, 0.3) is 0 Å². The van der Waals surface area contributed by atoms with Crippen LogP contribution in [0.25, 0.3) is 0 Å². The third-order valence-corrected chi connectivity index (χ3v) is 1.79. The SMILES string of the molecule is OCc1cccc(OC(F)(F)F)c1C(F)(F)F. The van der Waals surface area contributed by atoms with Crippen molar-refractivity contribution in [3.8, 4) is 5.75 Å². The van der Waals surface area contributed by atoms with E-state index in [1.54, 1.807) is 0 Å². The number of hydrogen-bond donors (Lipinski definition) is 1.